The molecule has 0 spiro atoms. The average molecular weight is 421 g/mol. The summed E-state index contributed by atoms with van der Waals surface area (Å²) in [6.07, 6.45) is 2.68. The highest BCUT2D eigenvalue weighted by Crippen LogP contribution is 2.45. The average Bonchev–Trinajstić information content (AvgIpc) is 2.91. The van der Waals surface area contributed by atoms with E-state index in [1.165, 1.54) is 4.67 Å². The van der Waals surface area contributed by atoms with Gasteiger partial charge in [0.15, 0.2) is 0 Å². The van der Waals surface area contributed by atoms with Crippen molar-refractivity contribution in [2.24, 2.45) is 0 Å². The van der Waals surface area contributed by atoms with Crippen molar-refractivity contribution >= 4 is 13.3 Å². The fourth-order valence-electron chi connectivity index (χ4n) is 3.45. The van der Waals surface area contributed by atoms with Crippen molar-refractivity contribution in [2.75, 3.05) is 13.6 Å². The highest BCUT2D eigenvalue weighted by molar-refractivity contribution is 7.50. The van der Waals surface area contributed by atoms with Crippen LogP contribution in [0.25, 0.3) is 5.57 Å². The first-order valence-electron chi connectivity index (χ1n) is 9.84. The normalized spacial score (nSPS) is 16.2. The van der Waals surface area contributed by atoms with Crippen LogP contribution in [0.3, 0.4) is 0 Å². The quantitative estimate of drug-likeness (QED) is 0.532. The van der Waals surface area contributed by atoms with Crippen molar-refractivity contribution in [1.82, 2.24) is 4.67 Å². The maximum absolute atomic E-state index is 12.6. The molecule has 1 atom stereocenters. The van der Waals surface area contributed by atoms with Crippen LogP contribution >= 0.6 is 7.75 Å². The van der Waals surface area contributed by atoms with Crippen molar-refractivity contribution in [3.8, 4) is 11.5 Å². The van der Waals surface area contributed by atoms with E-state index >= 15 is 0 Å². The van der Waals surface area contributed by atoms with Gasteiger partial charge >= 0.3 is 7.75 Å². The molecule has 1 N–H and O–H groups in total. The minimum absolute atomic E-state index is 0.370. The first kappa shape index (κ1) is 20.4. The van der Waals surface area contributed by atoms with E-state index < -0.39 is 7.75 Å². The van der Waals surface area contributed by atoms with Crippen LogP contribution in [0.2, 0.25) is 0 Å². The fraction of sp³-hybridized carbons (Fsp3) is 0.167. The van der Waals surface area contributed by atoms with E-state index in [1.54, 1.807) is 31.3 Å². The molecule has 3 aromatic carbocycles. The van der Waals surface area contributed by atoms with E-state index in [4.69, 9.17) is 9.26 Å². The summed E-state index contributed by atoms with van der Waals surface area (Å²) in [5, 5.41) is 0. The molecule has 6 heteroatoms. The maximum atomic E-state index is 12.6. The Bertz CT molecular complexity index is 1050. The van der Waals surface area contributed by atoms with Gasteiger partial charge in [0.05, 0.1) is 0 Å². The maximum Gasteiger partial charge on any atom is 0.458 e. The van der Waals surface area contributed by atoms with Crippen LogP contribution < -0.4 is 9.26 Å². The van der Waals surface area contributed by atoms with E-state index in [0.717, 1.165) is 28.0 Å². The fourth-order valence-corrected chi connectivity index (χ4v) is 4.36. The number of ether oxygens (including phenoxy) is 1. The molecule has 1 aliphatic heterocycles. The topological polar surface area (TPSA) is 59.0 Å². The summed E-state index contributed by atoms with van der Waals surface area (Å²) in [6, 6.07) is 24.8. The van der Waals surface area contributed by atoms with E-state index in [-0.39, 0.29) is 0 Å². The molecule has 0 saturated heterocycles. The summed E-state index contributed by atoms with van der Waals surface area (Å²) in [5.74, 6) is 1.21. The number of hydrogen-bond acceptors (Lipinski definition) is 3. The first-order valence-corrected chi connectivity index (χ1v) is 11.4. The molecule has 3 aromatic rings. The van der Waals surface area contributed by atoms with Crippen molar-refractivity contribution in [1.29, 1.82) is 0 Å². The number of nitrogens with zero attached hydrogens (tertiary/aromatic N) is 1. The molecule has 0 fully saturated rings. The summed E-state index contributed by atoms with van der Waals surface area (Å²) >= 11 is 0. The smallest absolute Gasteiger partial charge is 0.458 e. The highest BCUT2D eigenvalue weighted by atomic mass is 31.2. The number of hydrogen-bond donors (Lipinski definition) is 1. The Balaban J connectivity index is 1.54. The largest absolute Gasteiger partial charge is 0.488 e. The molecule has 0 radical (unpaired) electrons. The summed E-state index contributed by atoms with van der Waals surface area (Å²) in [5.41, 5.74) is 4.34. The second-order valence-electron chi connectivity index (χ2n) is 7.12. The zero-order valence-electron chi connectivity index (χ0n) is 16.8. The molecule has 0 saturated carbocycles. The lowest BCUT2D eigenvalue weighted by molar-refractivity contribution is 0.301. The van der Waals surface area contributed by atoms with Crippen LogP contribution in [0.4, 0.5) is 0 Å². The van der Waals surface area contributed by atoms with Gasteiger partial charge < -0.3 is 14.2 Å². The van der Waals surface area contributed by atoms with E-state index in [9.17, 15) is 9.46 Å². The summed E-state index contributed by atoms with van der Waals surface area (Å²) in [4.78, 5) is 10.4. The number of benzene rings is 3. The number of fused-ring (bicyclic) bond motifs is 2. The second kappa shape index (κ2) is 8.88. The molecule has 0 amide bonds. The molecule has 1 aliphatic rings. The molecular formula is C24H24NO4P. The highest BCUT2D eigenvalue weighted by Gasteiger charge is 2.27. The SMILES string of the molecule is CN(CCC=C1c2ccccc2COc2ccccc21)P(=O)(O)Oc1ccccc1. The minimum Gasteiger partial charge on any atom is -0.488 e. The van der Waals surface area contributed by atoms with Crippen molar-refractivity contribution < 1.29 is 18.7 Å². The van der Waals surface area contributed by atoms with Crippen LogP contribution in [0.15, 0.2) is 84.9 Å². The Morgan fingerprint density at radius 2 is 1.67 bits per heavy atom. The zero-order chi connectivity index (χ0) is 21.0. The van der Waals surface area contributed by atoms with E-state index in [0.29, 0.717) is 25.3 Å². The van der Waals surface area contributed by atoms with E-state index in [1.807, 2.05) is 42.5 Å². The number of para-hydroxylation sites is 2. The monoisotopic (exact) mass is 421 g/mol. The predicted octanol–water partition coefficient (Wildman–Crippen LogP) is 5.51. The lowest BCUT2D eigenvalue weighted by Gasteiger charge is -2.22. The van der Waals surface area contributed by atoms with Gasteiger partial charge in [-0.1, -0.05) is 66.7 Å². The Kier molecular flexibility index (Phi) is 6.05. The molecule has 0 bridgehead atoms. The first-order chi connectivity index (χ1) is 14.5. The van der Waals surface area contributed by atoms with Gasteiger partial charge in [-0.25, -0.2) is 9.24 Å². The summed E-state index contributed by atoms with van der Waals surface area (Å²) in [6.45, 7) is 0.885. The van der Waals surface area contributed by atoms with Crippen LogP contribution in [-0.4, -0.2) is 23.2 Å². The van der Waals surface area contributed by atoms with Crippen LogP contribution in [0.1, 0.15) is 23.1 Å². The molecule has 0 aliphatic carbocycles. The molecule has 1 unspecified atom stereocenters. The third-order valence-electron chi connectivity index (χ3n) is 5.07. The Morgan fingerprint density at radius 3 is 2.47 bits per heavy atom. The standard InChI is InChI=1S/C24H24NO4P/c1-25(30(26,27)29-20-11-3-2-4-12-20)17-9-15-22-21-13-6-5-10-19(21)18-28-24-16-8-7-14-23(22)24/h2-8,10-16H,9,17-18H2,1H3,(H,26,27). The Hall–Kier alpha value is -2.85. The molecule has 30 heavy (non-hydrogen) atoms. The minimum atomic E-state index is -3.94. The van der Waals surface area contributed by atoms with Gasteiger partial charge in [-0.15, -0.1) is 0 Å². The van der Waals surface area contributed by atoms with Gasteiger partial charge in [0.25, 0.3) is 0 Å². The van der Waals surface area contributed by atoms with Crippen molar-refractivity contribution in [3.63, 3.8) is 0 Å². The van der Waals surface area contributed by atoms with E-state index in [2.05, 4.69) is 18.2 Å². The van der Waals surface area contributed by atoms with Gasteiger partial charge in [-0.05, 0) is 48.4 Å². The molecule has 0 aromatic heterocycles. The van der Waals surface area contributed by atoms with Gasteiger partial charge in [0, 0.05) is 12.1 Å². The Labute approximate surface area is 176 Å². The molecule has 4 rings (SSSR count). The summed E-state index contributed by atoms with van der Waals surface area (Å²) < 4.78 is 25.3. The Morgan fingerprint density at radius 1 is 1.00 bits per heavy atom. The molecule has 154 valence electrons. The molecule has 1 heterocycles. The lowest BCUT2D eigenvalue weighted by Crippen LogP contribution is -2.19. The zero-order valence-corrected chi connectivity index (χ0v) is 17.7. The number of rotatable bonds is 6. The molecular weight excluding hydrogens is 397 g/mol. The van der Waals surface area contributed by atoms with Gasteiger partial charge in [-0.2, -0.15) is 0 Å². The van der Waals surface area contributed by atoms with Crippen molar-refractivity contribution in [2.45, 2.75) is 13.0 Å². The van der Waals surface area contributed by atoms with Crippen LogP contribution in [-0.2, 0) is 11.2 Å². The van der Waals surface area contributed by atoms with Gasteiger partial charge in [-0.3, -0.25) is 0 Å². The third-order valence-corrected chi connectivity index (χ3v) is 6.58. The lowest BCUT2D eigenvalue weighted by atomic mass is 9.93. The van der Waals surface area contributed by atoms with Gasteiger partial charge in [0.1, 0.15) is 18.1 Å². The third kappa shape index (κ3) is 4.49. The summed E-state index contributed by atoms with van der Waals surface area (Å²) in [7, 11) is -2.34. The van der Waals surface area contributed by atoms with Crippen LogP contribution in [0.5, 0.6) is 11.5 Å². The van der Waals surface area contributed by atoms with Crippen molar-refractivity contribution in [3.05, 3.63) is 102 Å². The predicted molar refractivity (Wildman–Crippen MR) is 118 cm³/mol. The van der Waals surface area contributed by atoms with Crippen LogP contribution in [0, 0.1) is 0 Å². The second-order valence-corrected chi connectivity index (χ2v) is 8.97. The molecule has 5 nitrogen and oxygen atoms in total. The van der Waals surface area contributed by atoms with Gasteiger partial charge in [0.2, 0.25) is 0 Å².